The summed E-state index contributed by atoms with van der Waals surface area (Å²) in [6.07, 6.45) is 6.94. The molecule has 0 rings (SSSR count). The van der Waals surface area contributed by atoms with Gasteiger partial charge in [0.2, 0.25) is 0 Å². The second-order valence-corrected chi connectivity index (χ2v) is 7.23. The lowest BCUT2D eigenvalue weighted by atomic mass is 9.78. The minimum absolute atomic E-state index is 0.0594. The second kappa shape index (κ2) is 12.2. The lowest BCUT2D eigenvalue weighted by Crippen LogP contribution is -2.33. The number of nitrogens with two attached hydrogens (primary N) is 1. The Morgan fingerprint density at radius 3 is 2.48 bits per heavy atom. The molecule has 0 spiro atoms. The first-order valence-electron chi connectivity index (χ1n) is 8.93. The summed E-state index contributed by atoms with van der Waals surface area (Å²) in [6, 6.07) is 0. The van der Waals surface area contributed by atoms with Gasteiger partial charge in [0.05, 0.1) is 6.61 Å². The van der Waals surface area contributed by atoms with Crippen molar-refractivity contribution >= 4 is 11.9 Å². The number of nitrogens with one attached hydrogen (secondary N) is 1. The highest BCUT2D eigenvalue weighted by Crippen LogP contribution is 2.30. The van der Waals surface area contributed by atoms with E-state index in [1.165, 1.54) is 12.8 Å². The maximum Gasteiger partial charge on any atom is 0.305 e. The van der Waals surface area contributed by atoms with E-state index in [2.05, 4.69) is 38.0 Å². The van der Waals surface area contributed by atoms with E-state index >= 15 is 0 Å². The Labute approximate surface area is 142 Å². The van der Waals surface area contributed by atoms with Gasteiger partial charge in [-0.15, -0.1) is 0 Å². The zero-order valence-electron chi connectivity index (χ0n) is 15.8. The zero-order chi connectivity index (χ0) is 17.7. The van der Waals surface area contributed by atoms with Gasteiger partial charge in [-0.25, -0.2) is 0 Å². The molecule has 0 aliphatic carbocycles. The van der Waals surface area contributed by atoms with Crippen molar-refractivity contribution in [2.75, 3.05) is 20.2 Å². The Morgan fingerprint density at radius 1 is 1.22 bits per heavy atom. The third kappa shape index (κ3) is 11.9. The van der Waals surface area contributed by atoms with Gasteiger partial charge >= 0.3 is 5.97 Å². The van der Waals surface area contributed by atoms with Crippen molar-refractivity contribution in [3.8, 4) is 0 Å². The molecule has 5 heteroatoms. The van der Waals surface area contributed by atoms with Crippen LogP contribution in [0.15, 0.2) is 4.99 Å². The topological polar surface area (TPSA) is 76.7 Å². The van der Waals surface area contributed by atoms with Gasteiger partial charge in [-0.3, -0.25) is 9.79 Å². The van der Waals surface area contributed by atoms with E-state index in [0.717, 1.165) is 32.2 Å². The zero-order valence-corrected chi connectivity index (χ0v) is 15.8. The Bertz CT molecular complexity index is 349. The Balaban J connectivity index is 4.08. The van der Waals surface area contributed by atoms with Crippen LogP contribution in [-0.4, -0.2) is 32.1 Å². The van der Waals surface area contributed by atoms with Crippen LogP contribution in [-0.2, 0) is 9.53 Å². The number of unbranched alkanes of at least 4 members (excludes halogenated alkanes) is 3. The molecule has 0 aromatic heterocycles. The van der Waals surface area contributed by atoms with E-state index in [1.807, 2.05) is 0 Å². The quantitative estimate of drug-likeness (QED) is 0.264. The standard InChI is InChI=1S/C18H37N3O2/c1-6-7-8-9-12-16(22)23-14-15(18(2,3)4)11-10-13-21-17(19)20-5/h15H,6-14H2,1-5H3,(H3,19,20,21)/t15-/m0/s1. The molecule has 5 nitrogen and oxygen atoms in total. The maximum atomic E-state index is 11.8. The van der Waals surface area contributed by atoms with Gasteiger partial charge in [0.1, 0.15) is 0 Å². The number of guanidine groups is 1. The van der Waals surface area contributed by atoms with E-state index in [-0.39, 0.29) is 11.4 Å². The number of esters is 1. The Morgan fingerprint density at radius 2 is 1.91 bits per heavy atom. The summed E-state index contributed by atoms with van der Waals surface area (Å²) in [6.45, 7) is 10.1. The fourth-order valence-electron chi connectivity index (χ4n) is 2.37. The second-order valence-electron chi connectivity index (χ2n) is 7.23. The third-order valence-electron chi connectivity index (χ3n) is 4.18. The fourth-order valence-corrected chi connectivity index (χ4v) is 2.37. The average Bonchev–Trinajstić information content (AvgIpc) is 2.49. The molecular weight excluding hydrogens is 290 g/mol. The first-order chi connectivity index (χ1) is 10.8. The molecule has 23 heavy (non-hydrogen) atoms. The summed E-state index contributed by atoms with van der Waals surface area (Å²) in [5, 5.41) is 3.06. The van der Waals surface area contributed by atoms with Gasteiger partial charge in [0.25, 0.3) is 0 Å². The maximum absolute atomic E-state index is 11.8. The number of hydrogen-bond donors (Lipinski definition) is 2. The SMILES string of the molecule is CCCCCCC(=O)OC[C@H](CCCNC(N)=NC)C(C)(C)C. The lowest BCUT2D eigenvalue weighted by molar-refractivity contribution is -0.146. The molecule has 136 valence electrons. The van der Waals surface area contributed by atoms with Crippen LogP contribution in [0, 0.1) is 11.3 Å². The highest BCUT2D eigenvalue weighted by molar-refractivity contribution is 5.77. The minimum Gasteiger partial charge on any atom is -0.465 e. The molecule has 0 aromatic carbocycles. The smallest absolute Gasteiger partial charge is 0.305 e. The average molecular weight is 328 g/mol. The number of carbonyl (C=O) groups is 1. The van der Waals surface area contributed by atoms with Crippen LogP contribution in [0.1, 0.15) is 72.6 Å². The van der Waals surface area contributed by atoms with E-state index in [9.17, 15) is 4.79 Å². The summed E-state index contributed by atoms with van der Waals surface area (Å²) < 4.78 is 5.50. The van der Waals surface area contributed by atoms with Crippen molar-refractivity contribution in [2.24, 2.45) is 22.1 Å². The summed E-state index contributed by atoms with van der Waals surface area (Å²) in [4.78, 5) is 15.7. The predicted molar refractivity (Wildman–Crippen MR) is 97.4 cm³/mol. The highest BCUT2D eigenvalue weighted by atomic mass is 16.5. The van der Waals surface area contributed by atoms with Crippen LogP contribution in [0.5, 0.6) is 0 Å². The number of hydrogen-bond acceptors (Lipinski definition) is 3. The molecular formula is C18H37N3O2. The van der Waals surface area contributed by atoms with Crippen molar-refractivity contribution in [2.45, 2.75) is 72.6 Å². The third-order valence-corrected chi connectivity index (χ3v) is 4.18. The highest BCUT2D eigenvalue weighted by Gasteiger charge is 2.25. The van der Waals surface area contributed by atoms with E-state index in [1.54, 1.807) is 7.05 Å². The lowest BCUT2D eigenvalue weighted by Gasteiger charge is -2.30. The molecule has 0 heterocycles. The van der Waals surface area contributed by atoms with Crippen LogP contribution in [0.2, 0.25) is 0 Å². The van der Waals surface area contributed by atoms with E-state index in [0.29, 0.717) is 24.9 Å². The number of ether oxygens (including phenoxy) is 1. The molecule has 0 unspecified atom stereocenters. The van der Waals surface area contributed by atoms with Gasteiger partial charge < -0.3 is 15.8 Å². The summed E-state index contributed by atoms with van der Waals surface area (Å²) in [5.74, 6) is 0.760. The molecule has 0 radical (unpaired) electrons. The molecule has 3 N–H and O–H groups in total. The summed E-state index contributed by atoms with van der Waals surface area (Å²) in [5.41, 5.74) is 5.73. The van der Waals surface area contributed by atoms with Crippen molar-refractivity contribution < 1.29 is 9.53 Å². The molecule has 0 amide bonds. The molecule has 0 saturated carbocycles. The van der Waals surface area contributed by atoms with Crippen molar-refractivity contribution in [1.29, 1.82) is 0 Å². The molecule has 0 fully saturated rings. The van der Waals surface area contributed by atoms with Crippen molar-refractivity contribution in [3.05, 3.63) is 0 Å². The van der Waals surface area contributed by atoms with Gasteiger partial charge in [-0.1, -0.05) is 47.0 Å². The van der Waals surface area contributed by atoms with E-state index < -0.39 is 0 Å². The summed E-state index contributed by atoms with van der Waals surface area (Å²) in [7, 11) is 1.67. The van der Waals surface area contributed by atoms with Crippen molar-refractivity contribution in [3.63, 3.8) is 0 Å². The fraction of sp³-hybridized carbons (Fsp3) is 0.889. The normalized spacial score (nSPS) is 13.7. The number of aliphatic imine (C=N–C) groups is 1. The van der Waals surface area contributed by atoms with Crippen molar-refractivity contribution in [1.82, 2.24) is 5.32 Å². The van der Waals surface area contributed by atoms with Gasteiger partial charge in [0, 0.05) is 20.0 Å². The van der Waals surface area contributed by atoms with Crippen LogP contribution in [0.4, 0.5) is 0 Å². The minimum atomic E-state index is -0.0594. The number of rotatable bonds is 11. The first kappa shape index (κ1) is 21.7. The van der Waals surface area contributed by atoms with Crippen LogP contribution >= 0.6 is 0 Å². The predicted octanol–water partition coefficient (Wildman–Crippen LogP) is 3.48. The molecule has 1 atom stereocenters. The van der Waals surface area contributed by atoms with Gasteiger partial charge in [0.15, 0.2) is 5.96 Å². The molecule has 0 saturated heterocycles. The van der Waals surface area contributed by atoms with Gasteiger partial charge in [-0.2, -0.15) is 0 Å². The first-order valence-corrected chi connectivity index (χ1v) is 8.93. The Hall–Kier alpha value is -1.26. The Kier molecular flexibility index (Phi) is 11.5. The molecule has 0 aliphatic rings. The van der Waals surface area contributed by atoms with E-state index in [4.69, 9.17) is 10.5 Å². The monoisotopic (exact) mass is 327 g/mol. The van der Waals surface area contributed by atoms with Crippen LogP contribution in [0.3, 0.4) is 0 Å². The summed E-state index contributed by atoms with van der Waals surface area (Å²) >= 11 is 0. The van der Waals surface area contributed by atoms with Gasteiger partial charge in [-0.05, 0) is 30.6 Å². The van der Waals surface area contributed by atoms with Crippen LogP contribution in [0.25, 0.3) is 0 Å². The van der Waals surface area contributed by atoms with Crippen LogP contribution < -0.4 is 11.1 Å². The number of carbonyl (C=O) groups excluding carboxylic acids is 1. The largest absolute Gasteiger partial charge is 0.465 e. The number of nitrogens with zero attached hydrogens (tertiary/aromatic N) is 1. The molecule has 0 aromatic rings. The molecule has 0 bridgehead atoms. The molecule has 0 aliphatic heterocycles.